The molecule has 0 atom stereocenters. The Morgan fingerprint density at radius 3 is 2.41 bits per heavy atom. The molecular formula is C22H30FN3O. The molecule has 1 aromatic carbocycles. The average Bonchev–Trinajstić information content (AvgIpc) is 2.54. The van der Waals surface area contributed by atoms with Gasteiger partial charge in [-0.05, 0) is 93.2 Å². The quantitative estimate of drug-likeness (QED) is 0.612. The summed E-state index contributed by atoms with van der Waals surface area (Å²) in [4.78, 5) is 10.9. The van der Waals surface area contributed by atoms with Crippen molar-refractivity contribution in [1.29, 1.82) is 0 Å². The number of nitrogens with one attached hydrogen (secondary N) is 2. The van der Waals surface area contributed by atoms with Crippen LogP contribution >= 0.6 is 0 Å². The number of primary amides is 1. The second kappa shape index (κ2) is 7.17. The van der Waals surface area contributed by atoms with Gasteiger partial charge in [-0.3, -0.25) is 4.79 Å². The van der Waals surface area contributed by atoms with Gasteiger partial charge < -0.3 is 16.4 Å². The molecule has 1 aromatic rings. The first-order valence-corrected chi connectivity index (χ1v) is 10.2. The molecule has 0 unspecified atom stereocenters. The van der Waals surface area contributed by atoms with Gasteiger partial charge in [-0.25, -0.2) is 4.39 Å². The van der Waals surface area contributed by atoms with Crippen molar-refractivity contribution < 1.29 is 9.18 Å². The number of carbonyl (C=O) groups is 1. The molecular weight excluding hydrogens is 341 g/mol. The van der Waals surface area contributed by atoms with Gasteiger partial charge in [0.2, 0.25) is 5.91 Å². The summed E-state index contributed by atoms with van der Waals surface area (Å²) in [7, 11) is 0. The van der Waals surface area contributed by atoms with E-state index in [1.807, 2.05) is 6.07 Å². The summed E-state index contributed by atoms with van der Waals surface area (Å²) in [5, 5.41) is 6.29. The molecule has 5 heteroatoms. The van der Waals surface area contributed by atoms with Crippen molar-refractivity contribution in [2.75, 3.05) is 17.2 Å². The molecule has 4 saturated carbocycles. The number of nitrogens with two attached hydrogens (primary N) is 1. The number of benzene rings is 1. The van der Waals surface area contributed by atoms with Crippen LogP contribution in [0.5, 0.6) is 0 Å². The van der Waals surface area contributed by atoms with Crippen LogP contribution in [0, 0.1) is 29.0 Å². The van der Waals surface area contributed by atoms with Crippen molar-refractivity contribution in [2.24, 2.45) is 28.9 Å². The fourth-order valence-corrected chi connectivity index (χ4v) is 6.27. The normalized spacial score (nSPS) is 31.8. The van der Waals surface area contributed by atoms with Gasteiger partial charge in [-0.2, -0.15) is 0 Å². The minimum atomic E-state index is -0.525. The third kappa shape index (κ3) is 4.12. The summed E-state index contributed by atoms with van der Waals surface area (Å²) in [5.74, 6) is 2.06. The highest BCUT2D eigenvalue weighted by Crippen LogP contribution is 2.61. The zero-order valence-electron chi connectivity index (χ0n) is 16.1. The minimum Gasteiger partial charge on any atom is -0.383 e. The zero-order valence-corrected chi connectivity index (χ0v) is 16.1. The third-order valence-electron chi connectivity index (χ3n) is 6.81. The van der Waals surface area contributed by atoms with Crippen LogP contribution in [-0.4, -0.2) is 12.5 Å². The van der Waals surface area contributed by atoms with Crippen LogP contribution in [0.1, 0.15) is 51.9 Å². The van der Waals surface area contributed by atoms with E-state index >= 15 is 0 Å². The monoisotopic (exact) mass is 371 g/mol. The Bertz CT molecular complexity index is 723. The maximum Gasteiger partial charge on any atom is 0.243 e. The highest BCUT2D eigenvalue weighted by atomic mass is 19.1. The molecule has 4 N–H and O–H groups in total. The molecule has 4 aliphatic rings. The number of anilines is 2. The predicted octanol–water partition coefficient (Wildman–Crippen LogP) is 4.65. The number of hydrogen-bond donors (Lipinski definition) is 3. The van der Waals surface area contributed by atoms with Gasteiger partial charge in [0.1, 0.15) is 5.82 Å². The van der Waals surface area contributed by atoms with Crippen LogP contribution in [0.4, 0.5) is 15.8 Å². The summed E-state index contributed by atoms with van der Waals surface area (Å²) in [6.45, 7) is 2.55. The molecule has 4 aliphatic carbocycles. The zero-order chi connectivity index (χ0) is 19.0. The molecule has 5 rings (SSSR count). The van der Waals surface area contributed by atoms with Crippen LogP contribution in [0.25, 0.3) is 0 Å². The summed E-state index contributed by atoms with van der Waals surface area (Å²) in [6, 6.07) is 5.02. The molecule has 0 aromatic heterocycles. The van der Waals surface area contributed by atoms with Crippen LogP contribution in [0.3, 0.4) is 0 Å². The number of amides is 1. The van der Waals surface area contributed by atoms with Crippen molar-refractivity contribution in [3.63, 3.8) is 0 Å². The van der Waals surface area contributed by atoms with E-state index in [0.29, 0.717) is 22.5 Å². The number of rotatable bonds is 7. The summed E-state index contributed by atoms with van der Waals surface area (Å²) in [6.07, 6.45) is 11.0. The summed E-state index contributed by atoms with van der Waals surface area (Å²) in [5.41, 5.74) is 7.37. The number of hydrogen-bond acceptors (Lipinski definition) is 3. The lowest BCUT2D eigenvalue weighted by Gasteiger charge is -2.57. The van der Waals surface area contributed by atoms with E-state index in [9.17, 15) is 9.18 Å². The molecule has 0 aliphatic heterocycles. The molecule has 0 saturated heterocycles. The minimum absolute atomic E-state index is 0.280. The van der Waals surface area contributed by atoms with Crippen LogP contribution in [0.2, 0.25) is 0 Å². The second-order valence-corrected chi connectivity index (χ2v) is 9.14. The highest BCUT2D eigenvalue weighted by Gasteiger charge is 2.50. The number of allylic oxidation sites excluding steroid dienone is 1. The second-order valence-electron chi connectivity index (χ2n) is 9.14. The van der Waals surface area contributed by atoms with Crippen LogP contribution in [-0.2, 0) is 4.79 Å². The number of carbonyl (C=O) groups excluding carboxylic acids is 1. The summed E-state index contributed by atoms with van der Waals surface area (Å²) >= 11 is 0. The van der Waals surface area contributed by atoms with Gasteiger partial charge in [-0.1, -0.05) is 0 Å². The Labute approximate surface area is 160 Å². The van der Waals surface area contributed by atoms with E-state index in [-0.39, 0.29) is 5.82 Å². The first-order chi connectivity index (χ1) is 12.9. The Morgan fingerprint density at radius 1 is 1.22 bits per heavy atom. The third-order valence-corrected chi connectivity index (χ3v) is 6.81. The van der Waals surface area contributed by atoms with Gasteiger partial charge in [-0.15, -0.1) is 0 Å². The molecule has 27 heavy (non-hydrogen) atoms. The topological polar surface area (TPSA) is 67.2 Å². The van der Waals surface area contributed by atoms with Gasteiger partial charge >= 0.3 is 0 Å². The van der Waals surface area contributed by atoms with Crippen molar-refractivity contribution in [3.8, 4) is 0 Å². The molecule has 1 amide bonds. The van der Waals surface area contributed by atoms with Gasteiger partial charge in [0.15, 0.2) is 0 Å². The SMILES string of the molecule is C/C(=C/C(N)=O)Nc1ccc(NCCC23CC4CC(CC(C4)C2)C3)c(F)c1. The lowest BCUT2D eigenvalue weighted by Crippen LogP contribution is -2.46. The standard InChI is InChI=1S/C22H30FN3O/c1-14(6-21(24)27)26-18-2-3-20(19(23)10-18)25-5-4-22-11-15-7-16(12-22)9-17(8-15)13-22/h2-3,6,10,15-17,25-26H,4-5,7-9,11-13H2,1H3,(H2,24,27)/b14-6-. The van der Waals surface area contributed by atoms with Crippen molar-refractivity contribution >= 4 is 17.3 Å². The predicted molar refractivity (Wildman–Crippen MR) is 107 cm³/mol. The van der Waals surface area contributed by atoms with Crippen molar-refractivity contribution in [1.82, 2.24) is 0 Å². The van der Waals surface area contributed by atoms with Crippen LogP contribution < -0.4 is 16.4 Å². The molecule has 4 fully saturated rings. The molecule has 4 nitrogen and oxygen atoms in total. The number of halogens is 1. The average molecular weight is 372 g/mol. The largest absolute Gasteiger partial charge is 0.383 e. The van der Waals surface area contributed by atoms with Crippen molar-refractivity contribution in [2.45, 2.75) is 51.9 Å². The maximum absolute atomic E-state index is 14.4. The van der Waals surface area contributed by atoms with Gasteiger partial charge in [0.25, 0.3) is 0 Å². The Balaban J connectivity index is 1.33. The van der Waals surface area contributed by atoms with E-state index in [2.05, 4.69) is 10.6 Å². The van der Waals surface area contributed by atoms with Crippen LogP contribution in [0.15, 0.2) is 30.0 Å². The molecule has 0 heterocycles. The van der Waals surface area contributed by atoms with Gasteiger partial charge in [0, 0.05) is 24.0 Å². The van der Waals surface area contributed by atoms with Crippen molar-refractivity contribution in [3.05, 3.63) is 35.8 Å². The first kappa shape index (κ1) is 18.3. The lowest BCUT2D eigenvalue weighted by molar-refractivity contribution is -0.113. The smallest absolute Gasteiger partial charge is 0.243 e. The highest BCUT2D eigenvalue weighted by molar-refractivity contribution is 5.87. The first-order valence-electron chi connectivity index (χ1n) is 10.2. The summed E-state index contributed by atoms with van der Waals surface area (Å²) < 4.78 is 14.4. The van der Waals surface area contributed by atoms with E-state index in [0.717, 1.165) is 30.7 Å². The Morgan fingerprint density at radius 2 is 1.85 bits per heavy atom. The Hall–Kier alpha value is -2.04. The van der Waals surface area contributed by atoms with Gasteiger partial charge in [0.05, 0.1) is 5.69 Å². The molecule has 146 valence electrons. The Kier molecular flexibility index (Phi) is 4.87. The molecule has 0 spiro atoms. The molecule has 4 bridgehead atoms. The maximum atomic E-state index is 14.4. The molecule has 0 radical (unpaired) electrons. The lowest BCUT2D eigenvalue weighted by atomic mass is 9.49. The van der Waals surface area contributed by atoms with E-state index < -0.39 is 5.91 Å². The fraction of sp³-hybridized carbons (Fsp3) is 0.591. The van der Waals surface area contributed by atoms with E-state index in [1.165, 1.54) is 50.7 Å². The fourth-order valence-electron chi connectivity index (χ4n) is 6.27. The van der Waals surface area contributed by atoms with E-state index in [4.69, 9.17) is 5.73 Å². The van der Waals surface area contributed by atoms with E-state index in [1.54, 1.807) is 13.0 Å².